The molecule has 0 aliphatic heterocycles. The van der Waals surface area contributed by atoms with Crippen LogP contribution in [0, 0.1) is 5.82 Å². The van der Waals surface area contributed by atoms with Crippen molar-refractivity contribution in [2.45, 2.75) is 12.5 Å². The lowest BCUT2D eigenvalue weighted by Gasteiger charge is -2.14. The van der Waals surface area contributed by atoms with E-state index in [0.29, 0.717) is 11.4 Å². The molecule has 0 aliphatic rings. The van der Waals surface area contributed by atoms with Crippen LogP contribution in [0.2, 0.25) is 5.02 Å². The first-order valence-electron chi connectivity index (χ1n) is 5.93. The van der Waals surface area contributed by atoms with Crippen LogP contribution < -0.4 is 10.5 Å². The molecule has 0 heterocycles. The first kappa shape index (κ1) is 13.8. The average Bonchev–Trinajstić information content (AvgIpc) is 2.39. The number of ether oxygens (including phenoxy) is 1. The molecular formula is C15H15ClFNO. The molecule has 0 aromatic heterocycles. The molecule has 0 bridgehead atoms. The highest BCUT2D eigenvalue weighted by atomic mass is 35.5. The van der Waals surface area contributed by atoms with E-state index >= 15 is 0 Å². The van der Waals surface area contributed by atoms with Crippen LogP contribution in [-0.4, -0.2) is 7.11 Å². The van der Waals surface area contributed by atoms with Gasteiger partial charge in [0.1, 0.15) is 11.6 Å². The number of rotatable bonds is 4. The molecule has 1 unspecified atom stereocenters. The summed E-state index contributed by atoms with van der Waals surface area (Å²) in [5.41, 5.74) is 7.94. The summed E-state index contributed by atoms with van der Waals surface area (Å²) in [4.78, 5) is 0. The smallest absolute Gasteiger partial charge is 0.124 e. The number of methoxy groups -OCH3 is 1. The van der Waals surface area contributed by atoms with Crippen molar-refractivity contribution in [2.75, 3.05) is 7.11 Å². The molecular weight excluding hydrogens is 265 g/mol. The van der Waals surface area contributed by atoms with Gasteiger partial charge in [-0.3, -0.25) is 0 Å². The van der Waals surface area contributed by atoms with Gasteiger partial charge in [-0.15, -0.1) is 0 Å². The van der Waals surface area contributed by atoms with E-state index in [1.165, 1.54) is 12.1 Å². The first-order chi connectivity index (χ1) is 9.10. The maximum absolute atomic E-state index is 13.0. The van der Waals surface area contributed by atoms with Gasteiger partial charge in [0, 0.05) is 11.1 Å². The molecule has 4 heteroatoms. The lowest BCUT2D eigenvalue weighted by Crippen LogP contribution is -2.14. The van der Waals surface area contributed by atoms with Gasteiger partial charge < -0.3 is 10.5 Å². The summed E-state index contributed by atoms with van der Waals surface area (Å²) in [6, 6.07) is 11.7. The van der Waals surface area contributed by atoms with E-state index in [1.54, 1.807) is 13.2 Å². The topological polar surface area (TPSA) is 35.2 Å². The Labute approximate surface area is 117 Å². The van der Waals surface area contributed by atoms with Crippen molar-refractivity contribution in [1.29, 1.82) is 0 Å². The molecule has 2 rings (SSSR count). The molecule has 0 saturated carbocycles. The monoisotopic (exact) mass is 279 g/mol. The van der Waals surface area contributed by atoms with Crippen molar-refractivity contribution >= 4 is 11.6 Å². The maximum atomic E-state index is 13.0. The second-order valence-electron chi connectivity index (χ2n) is 4.32. The Balaban J connectivity index is 2.13. The van der Waals surface area contributed by atoms with Crippen LogP contribution in [0.15, 0.2) is 42.5 Å². The minimum Gasteiger partial charge on any atom is -0.497 e. The molecule has 2 nitrogen and oxygen atoms in total. The van der Waals surface area contributed by atoms with E-state index in [0.717, 1.165) is 16.9 Å². The molecule has 0 spiro atoms. The summed E-state index contributed by atoms with van der Waals surface area (Å²) in [5, 5.41) is 0.362. The Morgan fingerprint density at radius 3 is 2.47 bits per heavy atom. The van der Waals surface area contributed by atoms with Crippen molar-refractivity contribution in [3.05, 3.63) is 64.4 Å². The number of halogens is 2. The van der Waals surface area contributed by atoms with Gasteiger partial charge in [-0.25, -0.2) is 4.39 Å². The summed E-state index contributed by atoms with van der Waals surface area (Å²) in [7, 11) is 1.62. The Morgan fingerprint density at radius 2 is 1.89 bits per heavy atom. The predicted molar refractivity (Wildman–Crippen MR) is 75.0 cm³/mol. The summed E-state index contributed by atoms with van der Waals surface area (Å²) in [6.45, 7) is 0. The van der Waals surface area contributed by atoms with Crippen molar-refractivity contribution in [1.82, 2.24) is 0 Å². The second-order valence-corrected chi connectivity index (χ2v) is 4.73. The van der Waals surface area contributed by atoms with Crippen LogP contribution in [-0.2, 0) is 6.42 Å². The normalized spacial score (nSPS) is 12.2. The molecule has 0 radical (unpaired) electrons. The molecule has 2 aromatic carbocycles. The highest BCUT2D eigenvalue weighted by Crippen LogP contribution is 2.25. The van der Waals surface area contributed by atoms with Gasteiger partial charge in [0.05, 0.1) is 7.11 Å². The Kier molecular flexibility index (Phi) is 4.40. The van der Waals surface area contributed by atoms with Crippen LogP contribution in [0.25, 0.3) is 0 Å². The third-order valence-corrected chi connectivity index (χ3v) is 3.30. The maximum Gasteiger partial charge on any atom is 0.124 e. The fourth-order valence-electron chi connectivity index (χ4n) is 1.93. The van der Waals surface area contributed by atoms with Crippen molar-refractivity contribution < 1.29 is 9.13 Å². The highest BCUT2D eigenvalue weighted by Gasteiger charge is 2.11. The van der Waals surface area contributed by atoms with E-state index in [-0.39, 0.29) is 11.9 Å². The Morgan fingerprint density at radius 1 is 1.21 bits per heavy atom. The minimum atomic E-state index is -0.356. The SMILES string of the molecule is COc1ccc(CC(N)c2ccc(F)cc2Cl)cc1. The van der Waals surface area contributed by atoms with Crippen molar-refractivity contribution in [3.63, 3.8) is 0 Å². The van der Waals surface area contributed by atoms with Gasteiger partial charge in [0.25, 0.3) is 0 Å². The van der Waals surface area contributed by atoms with E-state index in [4.69, 9.17) is 22.1 Å². The lowest BCUT2D eigenvalue weighted by molar-refractivity contribution is 0.414. The fraction of sp³-hybridized carbons (Fsp3) is 0.200. The molecule has 0 fully saturated rings. The van der Waals surface area contributed by atoms with E-state index < -0.39 is 0 Å². The van der Waals surface area contributed by atoms with Crippen LogP contribution >= 0.6 is 11.6 Å². The van der Waals surface area contributed by atoms with Crippen LogP contribution in [0.4, 0.5) is 4.39 Å². The molecule has 0 aliphatic carbocycles. The first-order valence-corrected chi connectivity index (χ1v) is 6.31. The molecule has 19 heavy (non-hydrogen) atoms. The summed E-state index contributed by atoms with van der Waals surface area (Å²) < 4.78 is 18.1. The van der Waals surface area contributed by atoms with Gasteiger partial charge >= 0.3 is 0 Å². The molecule has 1 atom stereocenters. The summed E-state index contributed by atoms with van der Waals surface area (Å²) >= 11 is 6.00. The third kappa shape index (κ3) is 3.46. The van der Waals surface area contributed by atoms with Gasteiger partial charge in [-0.05, 0) is 41.8 Å². The zero-order valence-corrected chi connectivity index (χ0v) is 11.3. The van der Waals surface area contributed by atoms with Crippen LogP contribution in [0.5, 0.6) is 5.75 Å². The summed E-state index contributed by atoms with van der Waals surface area (Å²) in [5.74, 6) is 0.447. The zero-order chi connectivity index (χ0) is 13.8. The number of hydrogen-bond acceptors (Lipinski definition) is 2. The summed E-state index contributed by atoms with van der Waals surface area (Å²) in [6.07, 6.45) is 0.634. The molecule has 0 amide bonds. The van der Waals surface area contributed by atoms with Crippen molar-refractivity contribution in [2.24, 2.45) is 5.73 Å². The van der Waals surface area contributed by atoms with Gasteiger partial charge in [0.15, 0.2) is 0 Å². The van der Waals surface area contributed by atoms with Gasteiger partial charge in [-0.2, -0.15) is 0 Å². The molecule has 100 valence electrons. The molecule has 2 N–H and O–H groups in total. The average molecular weight is 280 g/mol. The van der Waals surface area contributed by atoms with E-state index in [2.05, 4.69) is 0 Å². The molecule has 2 aromatic rings. The molecule has 0 saturated heterocycles. The number of hydrogen-bond donors (Lipinski definition) is 1. The van der Waals surface area contributed by atoms with Crippen molar-refractivity contribution in [3.8, 4) is 5.75 Å². The minimum absolute atomic E-state index is 0.263. The third-order valence-electron chi connectivity index (χ3n) is 2.98. The van der Waals surface area contributed by atoms with E-state index in [1.807, 2.05) is 24.3 Å². The predicted octanol–water partition coefficient (Wildman–Crippen LogP) is 3.73. The van der Waals surface area contributed by atoms with Crippen LogP contribution in [0.3, 0.4) is 0 Å². The van der Waals surface area contributed by atoms with E-state index in [9.17, 15) is 4.39 Å². The van der Waals surface area contributed by atoms with Gasteiger partial charge in [-0.1, -0.05) is 29.8 Å². The standard InChI is InChI=1S/C15H15ClFNO/c1-19-12-5-2-10(3-6-12)8-15(18)13-7-4-11(17)9-14(13)16/h2-7,9,15H,8,18H2,1H3. The zero-order valence-electron chi connectivity index (χ0n) is 10.6. The Bertz CT molecular complexity index is 557. The highest BCUT2D eigenvalue weighted by molar-refractivity contribution is 6.31. The number of nitrogens with two attached hydrogens (primary N) is 1. The quantitative estimate of drug-likeness (QED) is 0.925. The largest absolute Gasteiger partial charge is 0.497 e. The lowest BCUT2D eigenvalue weighted by atomic mass is 9.99. The Hall–Kier alpha value is -1.58. The second kappa shape index (κ2) is 6.04. The fourth-order valence-corrected chi connectivity index (χ4v) is 2.24. The van der Waals surface area contributed by atoms with Crippen LogP contribution in [0.1, 0.15) is 17.2 Å². The number of benzene rings is 2. The van der Waals surface area contributed by atoms with Gasteiger partial charge in [0.2, 0.25) is 0 Å².